The molecule has 0 aliphatic carbocycles. The Hall–Kier alpha value is -4.22. The van der Waals surface area contributed by atoms with Crippen LogP contribution in [0.2, 0.25) is 0 Å². The second-order valence-corrected chi connectivity index (χ2v) is 13.7. The zero-order valence-electron chi connectivity index (χ0n) is 26.5. The predicted molar refractivity (Wildman–Crippen MR) is 168 cm³/mol. The number of rotatable bonds is 5. The highest BCUT2D eigenvalue weighted by Gasteiger charge is 2.49. The van der Waals surface area contributed by atoms with Gasteiger partial charge in [-0.1, -0.05) is 0 Å². The standard InChI is InChI=1S/C34H34F5N7O2/c1-17-26(27-22(12-40)25(47)7-6-24(27)44(17)2)28-23(34(37,38)39)10-21-30(29(28)36)42-32(43-31(21)45-14-19-4-5-20(15-45)41-19)48-16-33-8-3-9-46(33)13-18(35)11-33/h6-7,10,18-20,41,47H,3-5,8-9,11,13-16H2,1-2H3/t18-,19?,20?,33+/m1/s1. The molecule has 8 rings (SSSR count). The smallest absolute Gasteiger partial charge is 0.417 e. The van der Waals surface area contributed by atoms with E-state index in [2.05, 4.69) is 20.2 Å². The summed E-state index contributed by atoms with van der Waals surface area (Å²) in [7, 11) is 1.60. The van der Waals surface area contributed by atoms with E-state index in [-0.39, 0.29) is 70.0 Å². The van der Waals surface area contributed by atoms with Crippen molar-refractivity contribution in [2.75, 3.05) is 37.7 Å². The number of phenols is 1. The molecule has 6 heterocycles. The van der Waals surface area contributed by atoms with Crippen molar-refractivity contribution in [3.8, 4) is 29.0 Å². The number of hydrogen-bond acceptors (Lipinski definition) is 8. The summed E-state index contributed by atoms with van der Waals surface area (Å²) in [5, 5.41) is 23.9. The first-order valence-corrected chi connectivity index (χ1v) is 16.2. The van der Waals surface area contributed by atoms with Gasteiger partial charge in [0, 0.05) is 72.8 Å². The molecule has 4 fully saturated rings. The van der Waals surface area contributed by atoms with E-state index in [0.717, 1.165) is 38.3 Å². The van der Waals surface area contributed by atoms with E-state index in [1.165, 1.54) is 12.1 Å². The number of nitrogens with one attached hydrogen (secondary N) is 1. The summed E-state index contributed by atoms with van der Waals surface area (Å²) < 4.78 is 84.6. The SMILES string of the molecule is Cc1c(-c2c(C(F)(F)F)cc3c(N4CC5CCC(C4)N5)nc(OC[C@@]45CCCN4C[C@H](F)C5)nc3c2F)c2c(C#N)c(O)ccc2n1C. The van der Waals surface area contributed by atoms with Crippen LogP contribution in [0.25, 0.3) is 32.9 Å². The van der Waals surface area contributed by atoms with Gasteiger partial charge in [-0.05, 0) is 57.4 Å². The molecule has 2 unspecified atom stereocenters. The van der Waals surface area contributed by atoms with E-state index < -0.39 is 40.6 Å². The quantitative estimate of drug-likeness (QED) is 0.261. The Morgan fingerprint density at radius 1 is 1.15 bits per heavy atom. The van der Waals surface area contributed by atoms with Crippen molar-refractivity contribution in [2.24, 2.45) is 7.05 Å². The number of anilines is 1. The first-order valence-electron chi connectivity index (χ1n) is 16.2. The normalized spacial score (nSPS) is 25.7. The second-order valence-electron chi connectivity index (χ2n) is 13.7. The van der Waals surface area contributed by atoms with Gasteiger partial charge in [-0.25, -0.2) is 8.78 Å². The number of aryl methyl sites for hydroxylation is 1. The fraction of sp³-hybridized carbons (Fsp3) is 0.500. The molecule has 48 heavy (non-hydrogen) atoms. The van der Waals surface area contributed by atoms with Crippen molar-refractivity contribution in [1.29, 1.82) is 5.26 Å². The molecule has 4 aliphatic heterocycles. The van der Waals surface area contributed by atoms with E-state index in [9.17, 15) is 14.8 Å². The molecular weight excluding hydrogens is 633 g/mol. The Bertz CT molecular complexity index is 2010. The number of piperazine rings is 1. The van der Waals surface area contributed by atoms with Crippen LogP contribution in [0.15, 0.2) is 18.2 Å². The third-order valence-corrected chi connectivity index (χ3v) is 10.9. The number of aromatic hydroxyl groups is 1. The monoisotopic (exact) mass is 667 g/mol. The maximum Gasteiger partial charge on any atom is 0.417 e. The summed E-state index contributed by atoms with van der Waals surface area (Å²) in [6.07, 6.45) is -2.32. The van der Waals surface area contributed by atoms with E-state index in [4.69, 9.17) is 4.74 Å². The van der Waals surface area contributed by atoms with Gasteiger partial charge in [0.15, 0.2) is 5.82 Å². The number of hydrogen-bond donors (Lipinski definition) is 2. The average Bonchev–Trinajstić information content (AvgIpc) is 3.75. The molecule has 0 saturated carbocycles. The van der Waals surface area contributed by atoms with E-state index in [1.807, 2.05) is 11.0 Å². The van der Waals surface area contributed by atoms with E-state index in [1.54, 1.807) is 18.5 Å². The third kappa shape index (κ3) is 4.69. The van der Waals surface area contributed by atoms with Crippen LogP contribution in [0.4, 0.5) is 27.8 Å². The largest absolute Gasteiger partial charge is 0.507 e. The highest BCUT2D eigenvalue weighted by Crippen LogP contribution is 2.48. The van der Waals surface area contributed by atoms with Crippen LogP contribution < -0.4 is 15.0 Å². The Balaban J connectivity index is 1.36. The van der Waals surface area contributed by atoms with Gasteiger partial charge in [-0.3, -0.25) is 4.90 Å². The van der Waals surface area contributed by atoms with E-state index >= 15 is 17.6 Å². The summed E-state index contributed by atoms with van der Waals surface area (Å²) in [4.78, 5) is 13.0. The Labute approximate surface area is 272 Å². The molecule has 0 spiro atoms. The van der Waals surface area contributed by atoms with Crippen LogP contribution in [0.1, 0.15) is 48.9 Å². The summed E-state index contributed by atoms with van der Waals surface area (Å²) in [6, 6.07) is 5.56. The van der Waals surface area contributed by atoms with Crippen LogP contribution in [0.3, 0.4) is 0 Å². The lowest BCUT2D eigenvalue weighted by Gasteiger charge is -2.35. The molecule has 9 nitrogen and oxygen atoms in total. The topological polar surface area (TPSA) is 102 Å². The molecule has 4 saturated heterocycles. The lowest BCUT2D eigenvalue weighted by molar-refractivity contribution is -0.137. The average molecular weight is 668 g/mol. The number of nitrogens with zero attached hydrogens (tertiary/aromatic N) is 6. The first kappa shape index (κ1) is 31.1. The second kappa shape index (κ2) is 10.9. The van der Waals surface area contributed by atoms with Crippen molar-refractivity contribution < 1.29 is 31.8 Å². The van der Waals surface area contributed by atoms with Gasteiger partial charge in [0.25, 0.3) is 0 Å². The predicted octanol–water partition coefficient (Wildman–Crippen LogP) is 5.73. The number of nitriles is 1. The van der Waals surface area contributed by atoms with Crippen LogP contribution in [-0.4, -0.2) is 81.1 Å². The van der Waals surface area contributed by atoms with Crippen molar-refractivity contribution >= 4 is 27.6 Å². The number of phenolic OH excluding ortho intramolecular Hbond substituents is 1. The zero-order valence-corrected chi connectivity index (χ0v) is 26.5. The van der Waals surface area contributed by atoms with Crippen LogP contribution in [0, 0.1) is 24.1 Å². The molecule has 252 valence electrons. The fourth-order valence-corrected chi connectivity index (χ4v) is 8.64. The van der Waals surface area contributed by atoms with Crippen molar-refractivity contribution in [2.45, 2.75) is 69.0 Å². The number of benzene rings is 2. The number of aromatic nitrogens is 3. The molecule has 4 atom stereocenters. The van der Waals surface area contributed by atoms with Gasteiger partial charge in [0.05, 0.1) is 16.6 Å². The molecule has 2 aromatic heterocycles. The molecule has 2 bridgehead atoms. The van der Waals surface area contributed by atoms with Crippen molar-refractivity contribution in [3.63, 3.8) is 0 Å². The number of alkyl halides is 4. The maximum atomic E-state index is 17.2. The molecule has 0 amide bonds. The number of halogens is 5. The minimum Gasteiger partial charge on any atom is -0.507 e. The van der Waals surface area contributed by atoms with Crippen LogP contribution >= 0.6 is 0 Å². The molecule has 14 heteroatoms. The molecule has 4 aliphatic rings. The van der Waals surface area contributed by atoms with Gasteiger partial charge in [-0.2, -0.15) is 28.4 Å². The third-order valence-electron chi connectivity index (χ3n) is 10.9. The first-order chi connectivity index (χ1) is 22.9. The lowest BCUT2D eigenvalue weighted by Crippen LogP contribution is -2.51. The van der Waals surface area contributed by atoms with Gasteiger partial charge < -0.3 is 24.6 Å². The zero-order chi connectivity index (χ0) is 33.7. The summed E-state index contributed by atoms with van der Waals surface area (Å²) in [5.41, 5.74) is -2.71. The molecule has 2 N–H and O–H groups in total. The molecular formula is C34H34F5N7O2. The minimum atomic E-state index is -5.01. The Morgan fingerprint density at radius 3 is 2.60 bits per heavy atom. The highest BCUT2D eigenvalue weighted by molar-refractivity contribution is 6.06. The van der Waals surface area contributed by atoms with E-state index in [0.29, 0.717) is 25.2 Å². The maximum absolute atomic E-state index is 17.2. The summed E-state index contributed by atoms with van der Waals surface area (Å²) in [5.74, 6) is -1.52. The van der Waals surface area contributed by atoms with Crippen molar-refractivity contribution in [3.05, 3.63) is 40.8 Å². The fourth-order valence-electron chi connectivity index (χ4n) is 8.64. The molecule has 4 aromatic rings. The van der Waals surface area contributed by atoms with Gasteiger partial charge in [0.2, 0.25) is 0 Å². The van der Waals surface area contributed by atoms with Crippen LogP contribution in [0.5, 0.6) is 11.8 Å². The number of fused-ring (bicyclic) bond motifs is 5. The Kier molecular flexibility index (Phi) is 7.05. The van der Waals surface area contributed by atoms with Gasteiger partial charge >= 0.3 is 12.2 Å². The summed E-state index contributed by atoms with van der Waals surface area (Å²) in [6.45, 7) is 3.57. The highest BCUT2D eigenvalue weighted by atomic mass is 19.4. The minimum absolute atomic E-state index is 0.00752. The van der Waals surface area contributed by atoms with Gasteiger partial charge in [-0.15, -0.1) is 0 Å². The Morgan fingerprint density at radius 2 is 1.90 bits per heavy atom. The number of ether oxygens (including phenoxy) is 1. The molecule has 2 aromatic carbocycles. The van der Waals surface area contributed by atoms with Crippen molar-refractivity contribution in [1.82, 2.24) is 24.8 Å². The van der Waals surface area contributed by atoms with Crippen LogP contribution in [-0.2, 0) is 13.2 Å². The summed E-state index contributed by atoms with van der Waals surface area (Å²) >= 11 is 0. The lowest BCUT2D eigenvalue weighted by atomic mass is 9.92. The molecule has 0 radical (unpaired) electrons. The van der Waals surface area contributed by atoms with Gasteiger partial charge in [0.1, 0.15) is 41.5 Å².